The standard InChI is InChI=1S/C21H14/c1-3-5-7-9-11-13-15-17-19-21-20-18-16-14-12-10-8-6-4-2/h4,6,8,10,12,14,16,18,20H,1H2,2H3/b6-4+,10-8+,14-12+,18-16+. The second kappa shape index (κ2) is 16.5. The molecule has 21 heavy (non-hydrogen) atoms. The van der Waals surface area contributed by atoms with Gasteiger partial charge in [0.25, 0.3) is 0 Å². The van der Waals surface area contributed by atoms with Gasteiger partial charge in [-0.15, -0.1) is 0 Å². The molecule has 0 aliphatic rings. The summed E-state index contributed by atoms with van der Waals surface area (Å²) in [5.41, 5.74) is 25.6. The zero-order valence-electron chi connectivity index (χ0n) is 11.9. The summed E-state index contributed by atoms with van der Waals surface area (Å²) in [4.78, 5) is 0. The number of hydrogen-bond acceptors (Lipinski definition) is 0. The van der Waals surface area contributed by atoms with Gasteiger partial charge in [0, 0.05) is 0 Å². The maximum atomic E-state index is 3.32. The van der Waals surface area contributed by atoms with Gasteiger partial charge in [-0.1, -0.05) is 60.1 Å². The van der Waals surface area contributed by atoms with Crippen LogP contribution in [0.3, 0.4) is 0 Å². The van der Waals surface area contributed by atoms with Gasteiger partial charge in [0.05, 0.1) is 0 Å². The molecule has 0 aromatic rings. The van der Waals surface area contributed by atoms with Gasteiger partial charge in [0.15, 0.2) is 0 Å². The molecule has 0 spiro atoms. The van der Waals surface area contributed by atoms with Crippen LogP contribution in [0, 0.1) is 0 Å². The van der Waals surface area contributed by atoms with Crippen LogP contribution in [0.1, 0.15) is 6.92 Å². The molecular formula is C21H14. The minimum Gasteiger partial charge on any atom is -0.0877 e. The average molecular weight is 266 g/mol. The molecule has 0 amide bonds. The summed E-state index contributed by atoms with van der Waals surface area (Å²) in [5.74, 6) is 0. The van der Waals surface area contributed by atoms with E-state index < -0.39 is 0 Å². The number of hydrogen-bond donors (Lipinski definition) is 0. The molecule has 0 radical (unpaired) electrons. The first-order valence-electron chi connectivity index (χ1n) is 6.14. The van der Waals surface area contributed by atoms with Crippen molar-refractivity contribution in [1.29, 1.82) is 0 Å². The molecule has 0 aromatic carbocycles. The molecule has 0 bridgehead atoms. The summed E-state index contributed by atoms with van der Waals surface area (Å²) >= 11 is 0. The van der Waals surface area contributed by atoms with Crippen LogP contribution in [0.5, 0.6) is 0 Å². The molecule has 0 aliphatic carbocycles. The Balaban J connectivity index is 4.72. The van der Waals surface area contributed by atoms with E-state index in [1.54, 1.807) is 6.08 Å². The Morgan fingerprint density at radius 2 is 1.05 bits per heavy atom. The Kier molecular flexibility index (Phi) is 13.8. The molecule has 0 atom stereocenters. The summed E-state index contributed by atoms with van der Waals surface area (Å²) in [6.45, 7) is 5.29. The van der Waals surface area contributed by atoms with Crippen molar-refractivity contribution in [3.8, 4) is 0 Å². The molecule has 0 aliphatic heterocycles. The Morgan fingerprint density at radius 3 is 1.62 bits per heavy atom. The van der Waals surface area contributed by atoms with Crippen molar-refractivity contribution in [2.75, 3.05) is 0 Å². The minimum absolute atomic E-state index is 1.71. The quantitative estimate of drug-likeness (QED) is 0.498. The first-order valence-corrected chi connectivity index (χ1v) is 6.14. The molecule has 0 heterocycles. The Morgan fingerprint density at radius 1 is 0.571 bits per heavy atom. The van der Waals surface area contributed by atoms with Gasteiger partial charge in [-0.25, -0.2) is 0 Å². The van der Waals surface area contributed by atoms with Crippen molar-refractivity contribution >= 4 is 0 Å². The fourth-order valence-corrected chi connectivity index (χ4v) is 0.845. The van der Waals surface area contributed by atoms with Gasteiger partial charge in [0.2, 0.25) is 0 Å². The molecule has 0 aromatic heterocycles. The predicted molar refractivity (Wildman–Crippen MR) is 87.6 cm³/mol. The molecule has 0 unspecified atom stereocenters. The monoisotopic (exact) mass is 266 g/mol. The third kappa shape index (κ3) is 16.5. The third-order valence-corrected chi connectivity index (χ3v) is 1.64. The second-order valence-corrected chi connectivity index (χ2v) is 3.17. The summed E-state index contributed by atoms with van der Waals surface area (Å²) in [6.07, 6.45) is 17.1. The largest absolute Gasteiger partial charge is 0.0877 e. The lowest BCUT2D eigenvalue weighted by atomic mass is 10.4. The normalized spacial score (nSPS) is 8.62. The van der Waals surface area contributed by atoms with Crippen LogP contribution in [0.15, 0.2) is 119 Å². The molecular weight excluding hydrogens is 252 g/mol. The summed E-state index contributed by atoms with van der Waals surface area (Å²) in [5, 5.41) is 0. The predicted octanol–water partition coefficient (Wildman–Crippen LogP) is 4.97. The van der Waals surface area contributed by atoms with E-state index in [-0.39, 0.29) is 0 Å². The zero-order chi connectivity index (χ0) is 15.4. The van der Waals surface area contributed by atoms with E-state index in [9.17, 15) is 0 Å². The Bertz CT molecular complexity index is 806. The minimum atomic E-state index is 1.71. The summed E-state index contributed by atoms with van der Waals surface area (Å²) in [6, 6.07) is 0. The lowest BCUT2D eigenvalue weighted by Crippen LogP contribution is -1.50. The molecule has 0 saturated heterocycles. The highest BCUT2D eigenvalue weighted by Gasteiger charge is 1.61. The van der Waals surface area contributed by atoms with Crippen LogP contribution in [-0.2, 0) is 0 Å². The first kappa shape index (κ1) is 17.5. The van der Waals surface area contributed by atoms with Crippen LogP contribution in [-0.4, -0.2) is 0 Å². The molecule has 0 N–H and O–H groups in total. The smallest absolute Gasteiger partial charge is 0.000000344 e. The zero-order valence-corrected chi connectivity index (χ0v) is 11.9. The maximum absolute atomic E-state index is 3.32. The summed E-state index contributed by atoms with van der Waals surface area (Å²) in [7, 11) is 0. The lowest BCUT2D eigenvalue weighted by molar-refractivity contribution is 1.73. The molecule has 0 fully saturated rings. The van der Waals surface area contributed by atoms with Crippen molar-refractivity contribution in [2.24, 2.45) is 0 Å². The highest BCUT2D eigenvalue weighted by Crippen LogP contribution is 1.82. The van der Waals surface area contributed by atoms with Gasteiger partial charge < -0.3 is 0 Å². The lowest BCUT2D eigenvalue weighted by Gasteiger charge is -1.71. The van der Waals surface area contributed by atoms with Gasteiger partial charge in [-0.3, -0.25) is 0 Å². The van der Waals surface area contributed by atoms with E-state index in [1.807, 2.05) is 55.5 Å². The maximum Gasteiger partial charge on any atom is -0.000000344 e. The molecule has 0 nitrogen and oxygen atoms in total. The van der Waals surface area contributed by atoms with Crippen molar-refractivity contribution < 1.29 is 0 Å². The Hall–Kier alpha value is -3.50. The van der Waals surface area contributed by atoms with Crippen LogP contribution in [0.2, 0.25) is 0 Å². The van der Waals surface area contributed by atoms with Crippen molar-refractivity contribution in [3.05, 3.63) is 119 Å². The highest BCUT2D eigenvalue weighted by atomic mass is 13.7. The first-order chi connectivity index (χ1) is 10.4. The topological polar surface area (TPSA) is 0 Å². The van der Waals surface area contributed by atoms with Crippen molar-refractivity contribution in [2.45, 2.75) is 6.92 Å². The van der Waals surface area contributed by atoms with Crippen molar-refractivity contribution in [1.82, 2.24) is 0 Å². The van der Waals surface area contributed by atoms with Gasteiger partial charge in [-0.05, 0) is 65.4 Å². The van der Waals surface area contributed by atoms with Gasteiger partial charge in [0.1, 0.15) is 0 Å². The van der Waals surface area contributed by atoms with E-state index in [4.69, 9.17) is 0 Å². The van der Waals surface area contributed by atoms with Crippen LogP contribution < -0.4 is 0 Å². The van der Waals surface area contributed by atoms with E-state index >= 15 is 0 Å². The number of rotatable bonds is 4. The molecule has 0 saturated carbocycles. The molecule has 0 heteroatoms. The van der Waals surface area contributed by atoms with Gasteiger partial charge >= 0.3 is 0 Å². The molecule has 98 valence electrons. The Labute approximate surface area is 126 Å². The van der Waals surface area contributed by atoms with Crippen LogP contribution in [0.4, 0.5) is 0 Å². The van der Waals surface area contributed by atoms with Crippen molar-refractivity contribution in [3.63, 3.8) is 0 Å². The van der Waals surface area contributed by atoms with E-state index in [1.165, 1.54) is 0 Å². The highest BCUT2D eigenvalue weighted by molar-refractivity contribution is 5.17. The fraction of sp³-hybridized carbons (Fsp3) is 0.0476. The summed E-state index contributed by atoms with van der Waals surface area (Å²) < 4.78 is 0. The van der Waals surface area contributed by atoms with E-state index in [2.05, 4.69) is 63.9 Å². The van der Waals surface area contributed by atoms with Crippen LogP contribution >= 0.6 is 0 Å². The second-order valence-electron chi connectivity index (χ2n) is 3.17. The average Bonchev–Trinajstić information content (AvgIpc) is 2.50. The number of allylic oxidation sites excluding steroid dienone is 9. The van der Waals surface area contributed by atoms with Crippen LogP contribution in [0.25, 0.3) is 0 Å². The SMILES string of the molecule is C=C=C=C=C=C=C=C=C=C=C=C/C=C/C=C/C=C/C=C/C. The fourth-order valence-electron chi connectivity index (χ4n) is 0.845. The van der Waals surface area contributed by atoms with E-state index in [0.717, 1.165) is 0 Å². The van der Waals surface area contributed by atoms with Gasteiger partial charge in [-0.2, -0.15) is 0 Å². The van der Waals surface area contributed by atoms with E-state index in [0.29, 0.717) is 0 Å². The third-order valence-electron chi connectivity index (χ3n) is 1.64. The molecule has 0 rings (SSSR count).